The third-order valence-electron chi connectivity index (χ3n) is 7.17. The summed E-state index contributed by atoms with van der Waals surface area (Å²) in [6.45, 7) is 6.37. The molecule has 0 unspecified atom stereocenters. The fourth-order valence-electron chi connectivity index (χ4n) is 4.92. The Bertz CT molecular complexity index is 1470. The SMILES string of the molecule is CC1(C)CNCC[C@H]1Nc1nc(-c2ccnc(Nc3nc(F)ccc3F)c2)nc2cncc(C3CC3)c12. The van der Waals surface area contributed by atoms with E-state index in [0.29, 0.717) is 23.1 Å². The standard InChI is InChI=1S/C27H28F2N8/c1-27(2)14-30-9-8-20(27)34-26-23-17(15-3-4-15)12-31-13-19(23)33-24(37-26)16-7-10-32-22(11-16)36-25-18(28)5-6-21(29)35-25/h5-7,10-13,15,20,30H,3-4,8-9,14H2,1-2H3,(H,32,35,36)(H,33,34,37)/t20-/m1/s1. The first kappa shape index (κ1) is 23.6. The van der Waals surface area contributed by atoms with E-state index in [9.17, 15) is 8.78 Å². The average molecular weight is 503 g/mol. The zero-order chi connectivity index (χ0) is 25.6. The molecule has 4 aromatic rings. The normalized spacial score (nSPS) is 19.1. The maximum Gasteiger partial charge on any atom is 0.214 e. The zero-order valence-electron chi connectivity index (χ0n) is 20.7. The molecule has 3 N–H and O–H groups in total. The van der Waals surface area contributed by atoms with Gasteiger partial charge in [-0.15, -0.1) is 0 Å². The van der Waals surface area contributed by atoms with E-state index in [1.54, 1.807) is 24.5 Å². The Balaban J connectivity index is 1.42. The van der Waals surface area contributed by atoms with Crippen molar-refractivity contribution in [3.63, 3.8) is 0 Å². The summed E-state index contributed by atoms with van der Waals surface area (Å²) in [5.41, 5.74) is 2.68. The highest BCUT2D eigenvalue weighted by atomic mass is 19.1. The molecule has 4 aromatic heterocycles. The van der Waals surface area contributed by atoms with Gasteiger partial charge in [0.25, 0.3) is 0 Å². The van der Waals surface area contributed by atoms with Gasteiger partial charge in [0.1, 0.15) is 11.6 Å². The molecular formula is C27H28F2N8. The van der Waals surface area contributed by atoms with Gasteiger partial charge in [-0.2, -0.15) is 9.37 Å². The van der Waals surface area contributed by atoms with Gasteiger partial charge in [-0.05, 0) is 67.0 Å². The summed E-state index contributed by atoms with van der Waals surface area (Å²) in [5.74, 6) is 0.384. The van der Waals surface area contributed by atoms with Gasteiger partial charge < -0.3 is 16.0 Å². The van der Waals surface area contributed by atoms with Gasteiger partial charge in [0, 0.05) is 35.9 Å². The predicted molar refractivity (Wildman–Crippen MR) is 139 cm³/mol. The highest BCUT2D eigenvalue weighted by Crippen LogP contribution is 2.44. The average Bonchev–Trinajstić information content (AvgIpc) is 3.73. The van der Waals surface area contributed by atoms with Gasteiger partial charge in [-0.25, -0.2) is 19.3 Å². The quantitative estimate of drug-likeness (QED) is 0.310. The molecule has 0 bridgehead atoms. The Morgan fingerprint density at radius 1 is 1.00 bits per heavy atom. The van der Waals surface area contributed by atoms with Crippen LogP contribution in [0.25, 0.3) is 22.3 Å². The molecule has 1 atom stereocenters. The minimum Gasteiger partial charge on any atom is -0.366 e. The molecule has 190 valence electrons. The van der Waals surface area contributed by atoms with E-state index in [0.717, 1.165) is 61.2 Å². The Hall–Kier alpha value is -3.79. The number of rotatable bonds is 6. The van der Waals surface area contributed by atoms with Crippen LogP contribution in [0.5, 0.6) is 0 Å². The third kappa shape index (κ3) is 4.81. The molecule has 0 aromatic carbocycles. The van der Waals surface area contributed by atoms with E-state index in [1.807, 2.05) is 6.20 Å². The number of hydrogen-bond acceptors (Lipinski definition) is 8. The van der Waals surface area contributed by atoms with Crippen LogP contribution in [0.4, 0.5) is 26.2 Å². The number of anilines is 3. The first-order chi connectivity index (χ1) is 17.9. The van der Waals surface area contributed by atoms with Gasteiger partial charge in [0.15, 0.2) is 17.5 Å². The molecule has 0 radical (unpaired) electrons. The maximum absolute atomic E-state index is 14.1. The van der Waals surface area contributed by atoms with Crippen LogP contribution in [-0.2, 0) is 0 Å². The summed E-state index contributed by atoms with van der Waals surface area (Å²) in [4.78, 5) is 22.2. The summed E-state index contributed by atoms with van der Waals surface area (Å²) in [5, 5.41) is 11.0. The second kappa shape index (κ2) is 9.26. The molecule has 8 nitrogen and oxygen atoms in total. The second-order valence-corrected chi connectivity index (χ2v) is 10.5. The summed E-state index contributed by atoms with van der Waals surface area (Å²) >= 11 is 0. The lowest BCUT2D eigenvalue weighted by atomic mass is 9.80. The van der Waals surface area contributed by atoms with Gasteiger partial charge in [0.05, 0.1) is 11.7 Å². The Labute approximate surface area is 213 Å². The van der Waals surface area contributed by atoms with Gasteiger partial charge in [-0.3, -0.25) is 4.98 Å². The van der Waals surface area contributed by atoms with E-state index in [-0.39, 0.29) is 17.3 Å². The van der Waals surface area contributed by atoms with Crippen LogP contribution in [-0.4, -0.2) is 44.1 Å². The fourth-order valence-corrected chi connectivity index (χ4v) is 4.92. The zero-order valence-corrected chi connectivity index (χ0v) is 20.7. The molecule has 2 aliphatic rings. The predicted octanol–water partition coefficient (Wildman–Crippen LogP) is 5.18. The summed E-state index contributed by atoms with van der Waals surface area (Å²) in [6.07, 6.45) is 8.56. The lowest BCUT2D eigenvalue weighted by molar-refractivity contribution is 0.236. The van der Waals surface area contributed by atoms with Crippen molar-refractivity contribution in [2.24, 2.45) is 5.41 Å². The largest absolute Gasteiger partial charge is 0.366 e. The number of aromatic nitrogens is 5. The second-order valence-electron chi connectivity index (χ2n) is 10.5. The van der Waals surface area contributed by atoms with Crippen molar-refractivity contribution < 1.29 is 8.78 Å². The lowest BCUT2D eigenvalue weighted by Gasteiger charge is -2.40. The molecule has 1 aliphatic carbocycles. The summed E-state index contributed by atoms with van der Waals surface area (Å²) < 4.78 is 27.7. The van der Waals surface area contributed by atoms with E-state index >= 15 is 0 Å². The highest BCUT2D eigenvalue weighted by molar-refractivity contribution is 5.93. The first-order valence-corrected chi connectivity index (χ1v) is 12.6. The van der Waals surface area contributed by atoms with Crippen LogP contribution < -0.4 is 16.0 Å². The van der Waals surface area contributed by atoms with E-state index in [4.69, 9.17) is 9.97 Å². The molecule has 0 spiro atoms. The molecular weight excluding hydrogens is 474 g/mol. The van der Waals surface area contributed by atoms with Crippen molar-refractivity contribution in [1.29, 1.82) is 0 Å². The number of nitrogens with zero attached hydrogens (tertiary/aromatic N) is 5. The Morgan fingerprint density at radius 2 is 1.86 bits per heavy atom. The van der Waals surface area contributed by atoms with Crippen molar-refractivity contribution in [3.8, 4) is 11.4 Å². The molecule has 2 fully saturated rings. The molecule has 1 saturated heterocycles. The fraction of sp³-hybridized carbons (Fsp3) is 0.370. The van der Waals surface area contributed by atoms with Crippen LogP contribution in [0.15, 0.2) is 42.9 Å². The number of pyridine rings is 3. The minimum atomic E-state index is -0.784. The smallest absolute Gasteiger partial charge is 0.214 e. The molecule has 0 amide bonds. The molecule has 5 heterocycles. The Kier molecular flexibility index (Phi) is 5.91. The summed E-state index contributed by atoms with van der Waals surface area (Å²) in [7, 11) is 0. The van der Waals surface area contributed by atoms with Crippen molar-refractivity contribution in [1.82, 2.24) is 30.2 Å². The molecule has 10 heteroatoms. The van der Waals surface area contributed by atoms with E-state index in [2.05, 4.69) is 44.7 Å². The molecule has 6 rings (SSSR count). The van der Waals surface area contributed by atoms with Crippen LogP contribution in [0.1, 0.15) is 44.6 Å². The van der Waals surface area contributed by atoms with Gasteiger partial charge in [0.2, 0.25) is 5.95 Å². The Morgan fingerprint density at radius 3 is 2.68 bits per heavy atom. The highest BCUT2D eigenvalue weighted by Gasteiger charge is 2.34. The van der Waals surface area contributed by atoms with Crippen LogP contribution in [0.3, 0.4) is 0 Å². The number of piperidine rings is 1. The number of halogens is 2. The monoisotopic (exact) mass is 502 g/mol. The van der Waals surface area contributed by atoms with Crippen LogP contribution in [0.2, 0.25) is 0 Å². The van der Waals surface area contributed by atoms with Crippen LogP contribution >= 0.6 is 0 Å². The number of fused-ring (bicyclic) bond motifs is 1. The lowest BCUT2D eigenvalue weighted by Crippen LogP contribution is -2.49. The molecule has 37 heavy (non-hydrogen) atoms. The van der Waals surface area contributed by atoms with Crippen LogP contribution in [0, 0.1) is 17.2 Å². The minimum absolute atomic E-state index is 0.0399. The van der Waals surface area contributed by atoms with E-state index < -0.39 is 11.8 Å². The third-order valence-corrected chi connectivity index (χ3v) is 7.17. The first-order valence-electron chi connectivity index (χ1n) is 12.6. The summed E-state index contributed by atoms with van der Waals surface area (Å²) in [6, 6.07) is 5.71. The van der Waals surface area contributed by atoms with Crippen molar-refractivity contribution in [2.45, 2.75) is 45.1 Å². The maximum atomic E-state index is 14.1. The molecule has 1 saturated carbocycles. The van der Waals surface area contributed by atoms with Gasteiger partial charge in [-0.1, -0.05) is 13.8 Å². The number of hydrogen-bond donors (Lipinski definition) is 3. The topological polar surface area (TPSA) is 101 Å². The van der Waals surface area contributed by atoms with Crippen molar-refractivity contribution >= 4 is 28.4 Å². The van der Waals surface area contributed by atoms with Gasteiger partial charge >= 0.3 is 0 Å². The van der Waals surface area contributed by atoms with Crippen molar-refractivity contribution in [3.05, 3.63) is 60.2 Å². The number of nitrogens with one attached hydrogen (secondary N) is 3. The van der Waals surface area contributed by atoms with Crippen molar-refractivity contribution in [2.75, 3.05) is 23.7 Å². The molecule has 1 aliphatic heterocycles. The van der Waals surface area contributed by atoms with E-state index in [1.165, 1.54) is 5.56 Å².